The summed E-state index contributed by atoms with van der Waals surface area (Å²) in [5.74, 6) is 1.35. The van der Waals surface area contributed by atoms with Gasteiger partial charge in [-0.3, -0.25) is 4.68 Å². The van der Waals surface area contributed by atoms with Gasteiger partial charge in [0.25, 0.3) is 0 Å². The van der Waals surface area contributed by atoms with Gasteiger partial charge >= 0.3 is 0 Å². The number of aromatic nitrogens is 2. The predicted molar refractivity (Wildman–Crippen MR) is 60.9 cm³/mol. The highest BCUT2D eigenvalue weighted by molar-refractivity contribution is 5.59. The summed E-state index contributed by atoms with van der Waals surface area (Å²) in [5, 5.41) is 13.8. The number of aliphatic hydroxyl groups excluding tert-OH is 1. The number of hydrogen-bond donors (Lipinski definition) is 1. The maximum atomic E-state index is 9.40. The molecule has 1 unspecified atom stereocenters. The standard InChI is InChI=1S/C12H16N2O2/c1-4-10-9(7-14(3)13-10)12-6-5-11(16-12)8(2)15/h5-8,15H,4H2,1-3H3. The Morgan fingerprint density at radius 1 is 1.50 bits per heavy atom. The maximum Gasteiger partial charge on any atom is 0.137 e. The topological polar surface area (TPSA) is 51.2 Å². The average molecular weight is 220 g/mol. The summed E-state index contributed by atoms with van der Waals surface area (Å²) in [6.45, 7) is 3.75. The van der Waals surface area contributed by atoms with Crippen molar-refractivity contribution in [2.45, 2.75) is 26.4 Å². The van der Waals surface area contributed by atoms with Gasteiger partial charge in [-0.2, -0.15) is 5.10 Å². The lowest BCUT2D eigenvalue weighted by molar-refractivity contribution is 0.170. The second kappa shape index (κ2) is 4.14. The van der Waals surface area contributed by atoms with Gasteiger partial charge in [-0.15, -0.1) is 0 Å². The van der Waals surface area contributed by atoms with Crippen LogP contribution in [0.4, 0.5) is 0 Å². The van der Waals surface area contributed by atoms with Crippen LogP contribution in [-0.2, 0) is 13.5 Å². The molecule has 16 heavy (non-hydrogen) atoms. The van der Waals surface area contributed by atoms with Crippen LogP contribution in [0, 0.1) is 0 Å². The van der Waals surface area contributed by atoms with Crippen molar-refractivity contribution < 1.29 is 9.52 Å². The Kier molecular flexibility index (Phi) is 2.83. The van der Waals surface area contributed by atoms with Gasteiger partial charge in [-0.05, 0) is 25.5 Å². The first-order valence-electron chi connectivity index (χ1n) is 5.42. The number of furan rings is 1. The summed E-state index contributed by atoms with van der Waals surface area (Å²) in [7, 11) is 1.89. The molecule has 2 aromatic heterocycles. The van der Waals surface area contributed by atoms with Crippen molar-refractivity contribution in [2.24, 2.45) is 7.05 Å². The lowest BCUT2D eigenvalue weighted by Gasteiger charge is -1.98. The molecule has 4 heteroatoms. The van der Waals surface area contributed by atoms with Gasteiger partial charge in [-0.25, -0.2) is 0 Å². The van der Waals surface area contributed by atoms with Gasteiger partial charge in [0.05, 0.1) is 11.3 Å². The van der Waals surface area contributed by atoms with E-state index in [1.807, 2.05) is 19.3 Å². The van der Waals surface area contributed by atoms with Crippen LogP contribution >= 0.6 is 0 Å². The minimum absolute atomic E-state index is 0.574. The molecule has 0 fully saturated rings. The monoisotopic (exact) mass is 220 g/mol. The van der Waals surface area contributed by atoms with Gasteiger partial charge in [0, 0.05) is 13.2 Å². The van der Waals surface area contributed by atoms with E-state index in [0.29, 0.717) is 5.76 Å². The van der Waals surface area contributed by atoms with E-state index in [2.05, 4.69) is 12.0 Å². The molecular formula is C12H16N2O2. The molecule has 86 valence electrons. The van der Waals surface area contributed by atoms with Crippen molar-refractivity contribution in [2.75, 3.05) is 0 Å². The van der Waals surface area contributed by atoms with Crippen molar-refractivity contribution in [1.82, 2.24) is 9.78 Å². The van der Waals surface area contributed by atoms with E-state index in [4.69, 9.17) is 4.42 Å². The zero-order valence-corrected chi connectivity index (χ0v) is 9.77. The third kappa shape index (κ3) is 1.88. The summed E-state index contributed by atoms with van der Waals surface area (Å²) in [5.41, 5.74) is 2.01. The first-order valence-corrected chi connectivity index (χ1v) is 5.42. The lowest BCUT2D eigenvalue weighted by atomic mass is 10.2. The molecule has 0 amide bonds. The molecule has 0 spiro atoms. The molecule has 0 aliphatic heterocycles. The van der Waals surface area contributed by atoms with E-state index in [-0.39, 0.29) is 0 Å². The largest absolute Gasteiger partial charge is 0.458 e. The molecule has 1 atom stereocenters. The molecule has 0 saturated carbocycles. The lowest BCUT2D eigenvalue weighted by Crippen LogP contribution is -1.89. The minimum Gasteiger partial charge on any atom is -0.458 e. The van der Waals surface area contributed by atoms with Crippen molar-refractivity contribution in [1.29, 1.82) is 0 Å². The van der Waals surface area contributed by atoms with Gasteiger partial charge in [-0.1, -0.05) is 6.92 Å². The zero-order valence-electron chi connectivity index (χ0n) is 9.77. The average Bonchev–Trinajstić information content (AvgIpc) is 2.82. The molecule has 2 rings (SSSR count). The van der Waals surface area contributed by atoms with Crippen LogP contribution in [0.25, 0.3) is 11.3 Å². The Balaban J connectivity index is 2.41. The fourth-order valence-corrected chi connectivity index (χ4v) is 1.72. The van der Waals surface area contributed by atoms with Crippen molar-refractivity contribution in [3.63, 3.8) is 0 Å². The molecule has 0 aliphatic rings. The zero-order chi connectivity index (χ0) is 11.7. The number of aryl methyl sites for hydroxylation is 2. The Morgan fingerprint density at radius 2 is 2.25 bits per heavy atom. The summed E-state index contributed by atoms with van der Waals surface area (Å²) in [4.78, 5) is 0. The minimum atomic E-state index is -0.574. The number of nitrogens with zero attached hydrogens (tertiary/aromatic N) is 2. The normalized spacial score (nSPS) is 13.0. The SMILES string of the molecule is CCc1nn(C)cc1-c1ccc(C(C)O)o1. The van der Waals surface area contributed by atoms with E-state index in [0.717, 1.165) is 23.4 Å². The quantitative estimate of drug-likeness (QED) is 0.863. The highest BCUT2D eigenvalue weighted by Crippen LogP contribution is 2.27. The molecule has 0 aliphatic carbocycles. The second-order valence-corrected chi connectivity index (χ2v) is 3.89. The van der Waals surface area contributed by atoms with Crippen LogP contribution in [0.5, 0.6) is 0 Å². The van der Waals surface area contributed by atoms with Crippen molar-refractivity contribution in [3.05, 3.63) is 29.8 Å². The van der Waals surface area contributed by atoms with E-state index in [9.17, 15) is 5.11 Å². The van der Waals surface area contributed by atoms with Crippen LogP contribution < -0.4 is 0 Å². The summed E-state index contributed by atoms with van der Waals surface area (Å²) in [6.07, 6.45) is 2.22. The molecule has 2 heterocycles. The molecule has 2 aromatic rings. The van der Waals surface area contributed by atoms with Gasteiger partial charge in [0.2, 0.25) is 0 Å². The molecule has 0 saturated heterocycles. The predicted octanol–water partition coefficient (Wildman–Crippen LogP) is 2.30. The first kappa shape index (κ1) is 11.0. The Hall–Kier alpha value is -1.55. The summed E-state index contributed by atoms with van der Waals surface area (Å²) >= 11 is 0. The van der Waals surface area contributed by atoms with Crippen LogP contribution in [-0.4, -0.2) is 14.9 Å². The maximum absolute atomic E-state index is 9.40. The highest BCUT2D eigenvalue weighted by Gasteiger charge is 2.13. The smallest absolute Gasteiger partial charge is 0.137 e. The van der Waals surface area contributed by atoms with E-state index in [1.54, 1.807) is 17.7 Å². The van der Waals surface area contributed by atoms with Gasteiger partial charge in [0.1, 0.15) is 17.6 Å². The fraction of sp³-hybridized carbons (Fsp3) is 0.417. The molecule has 0 aromatic carbocycles. The molecule has 0 bridgehead atoms. The van der Waals surface area contributed by atoms with E-state index < -0.39 is 6.10 Å². The van der Waals surface area contributed by atoms with E-state index in [1.165, 1.54) is 0 Å². The molecular weight excluding hydrogens is 204 g/mol. The van der Waals surface area contributed by atoms with E-state index >= 15 is 0 Å². The number of aliphatic hydroxyl groups is 1. The van der Waals surface area contributed by atoms with Gasteiger partial charge < -0.3 is 9.52 Å². The van der Waals surface area contributed by atoms with Crippen molar-refractivity contribution >= 4 is 0 Å². The van der Waals surface area contributed by atoms with Crippen LogP contribution in [0.2, 0.25) is 0 Å². The fourth-order valence-electron chi connectivity index (χ4n) is 1.72. The van der Waals surface area contributed by atoms with Gasteiger partial charge in [0.15, 0.2) is 0 Å². The third-order valence-electron chi connectivity index (χ3n) is 2.54. The first-order chi connectivity index (χ1) is 7.61. The highest BCUT2D eigenvalue weighted by atomic mass is 16.4. The Morgan fingerprint density at radius 3 is 2.81 bits per heavy atom. The summed E-state index contributed by atoms with van der Waals surface area (Å²) < 4.78 is 7.36. The molecule has 1 N–H and O–H groups in total. The van der Waals surface area contributed by atoms with Crippen LogP contribution in [0.15, 0.2) is 22.7 Å². The third-order valence-corrected chi connectivity index (χ3v) is 2.54. The molecule has 4 nitrogen and oxygen atoms in total. The molecule has 0 radical (unpaired) electrons. The second-order valence-electron chi connectivity index (χ2n) is 3.89. The summed E-state index contributed by atoms with van der Waals surface area (Å²) in [6, 6.07) is 3.67. The number of rotatable bonds is 3. The van der Waals surface area contributed by atoms with Crippen molar-refractivity contribution in [3.8, 4) is 11.3 Å². The Bertz CT molecular complexity index is 483. The number of hydrogen-bond acceptors (Lipinski definition) is 3. The van der Waals surface area contributed by atoms with Crippen LogP contribution in [0.3, 0.4) is 0 Å². The Labute approximate surface area is 94.5 Å². The van der Waals surface area contributed by atoms with Crippen LogP contribution in [0.1, 0.15) is 31.4 Å².